The van der Waals surface area contributed by atoms with Gasteiger partial charge in [-0.3, -0.25) is 4.79 Å². The van der Waals surface area contributed by atoms with Crippen molar-refractivity contribution in [2.75, 3.05) is 25.0 Å². The van der Waals surface area contributed by atoms with Crippen molar-refractivity contribution in [3.63, 3.8) is 0 Å². The Kier molecular flexibility index (Phi) is 7.29. The van der Waals surface area contributed by atoms with Gasteiger partial charge in [-0.25, -0.2) is 4.79 Å². The van der Waals surface area contributed by atoms with Crippen LogP contribution in [-0.2, 0) is 4.79 Å². The number of hydrogen-bond donors (Lipinski definition) is 3. The van der Waals surface area contributed by atoms with Gasteiger partial charge < -0.3 is 21.3 Å². The van der Waals surface area contributed by atoms with Gasteiger partial charge in [0.25, 0.3) is 0 Å². The molecular formula is C19H29ClN4O2. The summed E-state index contributed by atoms with van der Waals surface area (Å²) in [7, 11) is 0. The van der Waals surface area contributed by atoms with Crippen molar-refractivity contribution in [2.24, 2.45) is 17.6 Å². The van der Waals surface area contributed by atoms with E-state index < -0.39 is 0 Å². The highest BCUT2D eigenvalue weighted by atomic mass is 35.5. The van der Waals surface area contributed by atoms with Crippen LogP contribution in [0.2, 0.25) is 0 Å². The summed E-state index contributed by atoms with van der Waals surface area (Å²) in [5.41, 5.74) is 7.66. The summed E-state index contributed by atoms with van der Waals surface area (Å²) < 4.78 is 0. The Morgan fingerprint density at radius 3 is 2.73 bits per heavy atom. The molecule has 3 rings (SSSR count). The molecule has 0 aromatic heterocycles. The van der Waals surface area contributed by atoms with Crippen LogP contribution in [0.15, 0.2) is 24.3 Å². The molecule has 7 heteroatoms. The van der Waals surface area contributed by atoms with Crippen LogP contribution in [0.25, 0.3) is 0 Å². The molecule has 1 aromatic rings. The van der Waals surface area contributed by atoms with Crippen LogP contribution in [0.3, 0.4) is 0 Å². The number of urea groups is 1. The van der Waals surface area contributed by atoms with Crippen LogP contribution in [0.4, 0.5) is 10.5 Å². The number of likely N-dealkylation sites (tertiary alicyclic amines) is 1. The maximum absolute atomic E-state index is 12.5. The molecule has 1 heterocycles. The van der Waals surface area contributed by atoms with E-state index in [0.717, 1.165) is 36.9 Å². The lowest BCUT2D eigenvalue weighted by Crippen LogP contribution is -2.50. The van der Waals surface area contributed by atoms with E-state index >= 15 is 0 Å². The number of rotatable bonds is 5. The molecule has 144 valence electrons. The summed E-state index contributed by atoms with van der Waals surface area (Å²) in [6.45, 7) is 3.63. The van der Waals surface area contributed by atoms with Gasteiger partial charge in [-0.1, -0.05) is 12.1 Å². The summed E-state index contributed by atoms with van der Waals surface area (Å²) >= 11 is 0. The van der Waals surface area contributed by atoms with Crippen LogP contribution in [0.1, 0.15) is 31.2 Å². The fourth-order valence-corrected chi connectivity index (χ4v) is 3.47. The number of nitrogens with one attached hydrogen (secondary N) is 2. The summed E-state index contributed by atoms with van der Waals surface area (Å²) in [6, 6.07) is 7.67. The van der Waals surface area contributed by atoms with Crippen molar-refractivity contribution in [3.05, 3.63) is 29.8 Å². The Bertz CT molecular complexity index is 636. The number of amides is 3. The number of hydrogen-bond acceptors (Lipinski definition) is 3. The Balaban J connectivity index is 0.00000243. The topological polar surface area (TPSA) is 87.5 Å². The first kappa shape index (κ1) is 20.5. The number of nitrogens with zero attached hydrogens (tertiary/aromatic N) is 1. The quantitative estimate of drug-likeness (QED) is 0.733. The molecule has 2 atom stereocenters. The van der Waals surface area contributed by atoms with Gasteiger partial charge >= 0.3 is 6.03 Å². The molecule has 1 saturated carbocycles. The van der Waals surface area contributed by atoms with Gasteiger partial charge in [0, 0.05) is 31.4 Å². The van der Waals surface area contributed by atoms with E-state index in [2.05, 4.69) is 10.6 Å². The largest absolute Gasteiger partial charge is 0.352 e. The zero-order chi connectivity index (χ0) is 17.8. The number of benzene rings is 1. The highest BCUT2D eigenvalue weighted by Gasteiger charge is 2.34. The predicted octanol–water partition coefficient (Wildman–Crippen LogP) is 2.51. The first-order valence-electron chi connectivity index (χ1n) is 9.20. The van der Waals surface area contributed by atoms with Gasteiger partial charge in [0.15, 0.2) is 0 Å². The van der Waals surface area contributed by atoms with E-state index in [1.807, 2.05) is 31.2 Å². The van der Waals surface area contributed by atoms with Gasteiger partial charge in [0.1, 0.15) is 0 Å². The average Bonchev–Trinajstić information content (AvgIpc) is 3.44. The zero-order valence-corrected chi connectivity index (χ0v) is 16.1. The lowest BCUT2D eigenvalue weighted by atomic mass is 9.96. The molecule has 4 N–H and O–H groups in total. The van der Waals surface area contributed by atoms with Gasteiger partial charge in [-0.2, -0.15) is 0 Å². The van der Waals surface area contributed by atoms with Crippen LogP contribution in [0, 0.1) is 18.8 Å². The van der Waals surface area contributed by atoms with Crippen molar-refractivity contribution in [1.29, 1.82) is 0 Å². The number of halogens is 1. The second kappa shape index (κ2) is 9.24. The van der Waals surface area contributed by atoms with Crippen LogP contribution >= 0.6 is 12.4 Å². The number of nitrogens with two attached hydrogens (primary N) is 1. The summed E-state index contributed by atoms with van der Waals surface area (Å²) in [6.07, 6.45) is 3.97. The Hall–Kier alpha value is -1.79. The Labute approximate surface area is 161 Å². The van der Waals surface area contributed by atoms with Crippen molar-refractivity contribution in [3.8, 4) is 0 Å². The first-order chi connectivity index (χ1) is 12.1. The summed E-state index contributed by atoms with van der Waals surface area (Å²) in [5.74, 6) is 0.429. The number of piperidine rings is 1. The number of carbonyl (C=O) groups excluding carboxylic acids is 2. The maximum Gasteiger partial charge on any atom is 0.321 e. The normalized spacial score (nSPS) is 20.7. The molecule has 2 aliphatic rings. The SMILES string of the molecule is Cc1cccc(NC(=O)N2CCCC(C(=O)NC(CN)C3CC3)C2)c1.Cl. The van der Waals surface area contributed by atoms with Crippen molar-refractivity contribution in [1.82, 2.24) is 10.2 Å². The van der Waals surface area contributed by atoms with Crippen molar-refractivity contribution < 1.29 is 9.59 Å². The molecule has 2 fully saturated rings. The number of anilines is 1. The summed E-state index contributed by atoms with van der Waals surface area (Å²) in [4.78, 5) is 26.8. The minimum atomic E-state index is -0.148. The van der Waals surface area contributed by atoms with Gasteiger partial charge in [0.2, 0.25) is 5.91 Å². The molecule has 6 nitrogen and oxygen atoms in total. The summed E-state index contributed by atoms with van der Waals surface area (Å²) in [5, 5.41) is 6.02. The van der Waals surface area contributed by atoms with Gasteiger partial charge in [0.05, 0.1) is 5.92 Å². The second-order valence-electron chi connectivity index (χ2n) is 7.27. The molecule has 1 aliphatic carbocycles. The third kappa shape index (κ3) is 5.35. The van der Waals surface area contributed by atoms with Gasteiger partial charge in [-0.05, 0) is 56.2 Å². The van der Waals surface area contributed by atoms with Crippen LogP contribution < -0.4 is 16.4 Å². The number of aryl methyl sites for hydroxylation is 1. The molecule has 26 heavy (non-hydrogen) atoms. The lowest BCUT2D eigenvalue weighted by molar-refractivity contribution is -0.127. The average molecular weight is 381 g/mol. The van der Waals surface area contributed by atoms with Crippen molar-refractivity contribution >= 4 is 30.0 Å². The van der Waals surface area contributed by atoms with E-state index in [9.17, 15) is 9.59 Å². The van der Waals surface area contributed by atoms with Gasteiger partial charge in [-0.15, -0.1) is 12.4 Å². The molecular weight excluding hydrogens is 352 g/mol. The zero-order valence-electron chi connectivity index (χ0n) is 15.2. The first-order valence-corrected chi connectivity index (χ1v) is 9.20. The molecule has 0 bridgehead atoms. The predicted molar refractivity (Wildman–Crippen MR) is 105 cm³/mol. The molecule has 3 amide bonds. The molecule has 0 radical (unpaired) electrons. The number of carbonyl (C=O) groups is 2. The van der Waals surface area contributed by atoms with E-state index in [1.54, 1.807) is 4.90 Å². The minimum absolute atomic E-state index is 0. The van der Waals surface area contributed by atoms with E-state index in [1.165, 1.54) is 0 Å². The minimum Gasteiger partial charge on any atom is -0.352 e. The Morgan fingerprint density at radius 1 is 1.31 bits per heavy atom. The van der Waals surface area contributed by atoms with Crippen LogP contribution in [0.5, 0.6) is 0 Å². The molecule has 1 aromatic carbocycles. The third-order valence-electron chi connectivity index (χ3n) is 5.12. The second-order valence-corrected chi connectivity index (χ2v) is 7.27. The fourth-order valence-electron chi connectivity index (χ4n) is 3.47. The highest BCUT2D eigenvalue weighted by Crippen LogP contribution is 2.32. The molecule has 1 saturated heterocycles. The monoisotopic (exact) mass is 380 g/mol. The third-order valence-corrected chi connectivity index (χ3v) is 5.12. The standard InChI is InChI=1S/C19H28N4O2.ClH/c1-13-4-2-6-16(10-13)21-19(25)23-9-3-5-15(12-23)18(24)22-17(11-20)14-7-8-14;/h2,4,6,10,14-15,17H,3,5,7-9,11-12,20H2,1H3,(H,21,25)(H,22,24);1H. The highest BCUT2D eigenvalue weighted by molar-refractivity contribution is 5.90. The maximum atomic E-state index is 12.5. The van der Waals surface area contributed by atoms with E-state index in [0.29, 0.717) is 25.6 Å². The van der Waals surface area contributed by atoms with Crippen molar-refractivity contribution in [2.45, 2.75) is 38.6 Å². The fraction of sp³-hybridized carbons (Fsp3) is 0.579. The van der Waals surface area contributed by atoms with E-state index in [-0.39, 0.29) is 36.3 Å². The van der Waals surface area contributed by atoms with E-state index in [4.69, 9.17) is 5.73 Å². The molecule has 1 aliphatic heterocycles. The lowest BCUT2D eigenvalue weighted by Gasteiger charge is -2.33. The van der Waals surface area contributed by atoms with Crippen LogP contribution in [-0.4, -0.2) is 42.5 Å². The Morgan fingerprint density at radius 2 is 2.08 bits per heavy atom. The molecule has 0 spiro atoms. The smallest absolute Gasteiger partial charge is 0.321 e. The molecule has 2 unspecified atom stereocenters.